The Morgan fingerprint density at radius 2 is 1.83 bits per heavy atom. The van der Waals surface area contributed by atoms with E-state index < -0.39 is 17.5 Å². The molecular formula is C14H18F3N. The summed E-state index contributed by atoms with van der Waals surface area (Å²) in [6.45, 7) is 6.67. The van der Waals surface area contributed by atoms with E-state index >= 15 is 0 Å². The van der Waals surface area contributed by atoms with Crippen LogP contribution >= 0.6 is 0 Å². The molecule has 4 heteroatoms. The molecule has 100 valence electrons. The second-order valence-corrected chi connectivity index (χ2v) is 4.35. The summed E-state index contributed by atoms with van der Waals surface area (Å²) < 4.78 is 39.2. The molecule has 1 rings (SSSR count). The summed E-state index contributed by atoms with van der Waals surface area (Å²) >= 11 is 0. The Morgan fingerprint density at radius 3 is 2.44 bits per heavy atom. The highest BCUT2D eigenvalue weighted by atomic mass is 19.2. The third-order valence-corrected chi connectivity index (χ3v) is 2.81. The summed E-state index contributed by atoms with van der Waals surface area (Å²) in [4.78, 5) is 0. The van der Waals surface area contributed by atoms with E-state index in [0.717, 1.165) is 24.6 Å². The van der Waals surface area contributed by atoms with E-state index in [1.54, 1.807) is 0 Å². The van der Waals surface area contributed by atoms with Crippen molar-refractivity contribution in [2.75, 3.05) is 6.54 Å². The van der Waals surface area contributed by atoms with Crippen LogP contribution in [0.15, 0.2) is 17.7 Å². The van der Waals surface area contributed by atoms with Gasteiger partial charge in [-0.25, -0.2) is 13.2 Å². The first kappa shape index (κ1) is 14.8. The Balaban J connectivity index is 2.91. The molecule has 0 heterocycles. The smallest absolute Gasteiger partial charge is 0.161 e. The van der Waals surface area contributed by atoms with Crippen molar-refractivity contribution in [3.05, 3.63) is 40.7 Å². The van der Waals surface area contributed by atoms with Crippen molar-refractivity contribution in [3.8, 4) is 0 Å². The predicted octanol–water partition coefficient (Wildman–Crippen LogP) is 3.90. The molecule has 0 saturated heterocycles. The zero-order chi connectivity index (χ0) is 13.7. The quantitative estimate of drug-likeness (QED) is 0.789. The molecule has 0 aromatic heterocycles. The summed E-state index contributed by atoms with van der Waals surface area (Å²) in [7, 11) is 0. The molecule has 0 radical (unpaired) electrons. The Bertz CT molecular complexity index is 441. The van der Waals surface area contributed by atoms with Gasteiger partial charge in [0, 0.05) is 17.7 Å². The molecule has 1 nitrogen and oxygen atoms in total. The number of hydrogen-bond donors (Lipinski definition) is 1. The van der Waals surface area contributed by atoms with E-state index in [9.17, 15) is 13.2 Å². The fraction of sp³-hybridized carbons (Fsp3) is 0.429. The molecule has 1 aromatic rings. The topological polar surface area (TPSA) is 12.0 Å². The number of benzene rings is 1. The van der Waals surface area contributed by atoms with Crippen LogP contribution in [0.25, 0.3) is 6.08 Å². The van der Waals surface area contributed by atoms with Crippen molar-refractivity contribution < 1.29 is 13.2 Å². The first-order chi connectivity index (χ1) is 8.45. The Morgan fingerprint density at radius 1 is 1.22 bits per heavy atom. The van der Waals surface area contributed by atoms with Gasteiger partial charge in [-0.3, -0.25) is 0 Å². The lowest BCUT2D eigenvalue weighted by molar-refractivity contribution is 0.494. The van der Waals surface area contributed by atoms with Crippen LogP contribution in [0.4, 0.5) is 13.2 Å². The van der Waals surface area contributed by atoms with Crippen LogP contribution < -0.4 is 5.32 Å². The van der Waals surface area contributed by atoms with Gasteiger partial charge in [-0.2, -0.15) is 0 Å². The molecule has 0 aliphatic carbocycles. The molecule has 0 aliphatic heterocycles. The largest absolute Gasteiger partial charge is 0.311 e. The second-order valence-electron chi connectivity index (χ2n) is 4.35. The predicted molar refractivity (Wildman–Crippen MR) is 67.7 cm³/mol. The van der Waals surface area contributed by atoms with Gasteiger partial charge in [0.15, 0.2) is 11.6 Å². The number of nitrogens with one attached hydrogen (secondary N) is 1. The van der Waals surface area contributed by atoms with Crippen molar-refractivity contribution >= 4 is 6.08 Å². The first-order valence-corrected chi connectivity index (χ1v) is 6.01. The zero-order valence-electron chi connectivity index (χ0n) is 10.9. The average Bonchev–Trinajstić information content (AvgIpc) is 2.32. The number of rotatable bonds is 5. The molecular weight excluding hydrogens is 239 g/mol. The maximum atomic E-state index is 13.4. The standard InChI is InChI=1S/C14H18F3N/c1-4-5-18-10(3)9(2)6-11-7-13(16)14(17)8-12(11)15/h6-8,10,18H,4-5H2,1-3H3/b9-6+. The lowest BCUT2D eigenvalue weighted by Crippen LogP contribution is -2.27. The minimum atomic E-state index is -1.17. The minimum Gasteiger partial charge on any atom is -0.311 e. The summed E-state index contributed by atoms with van der Waals surface area (Å²) in [5.41, 5.74) is 0.935. The van der Waals surface area contributed by atoms with Gasteiger partial charge in [-0.1, -0.05) is 18.6 Å². The molecule has 1 N–H and O–H groups in total. The molecule has 0 saturated carbocycles. The van der Waals surface area contributed by atoms with E-state index in [2.05, 4.69) is 5.32 Å². The van der Waals surface area contributed by atoms with Crippen LogP contribution in [0.5, 0.6) is 0 Å². The molecule has 1 unspecified atom stereocenters. The average molecular weight is 257 g/mol. The van der Waals surface area contributed by atoms with Crippen LogP contribution in [-0.2, 0) is 0 Å². The van der Waals surface area contributed by atoms with Gasteiger partial charge in [0.2, 0.25) is 0 Å². The number of hydrogen-bond acceptors (Lipinski definition) is 1. The van der Waals surface area contributed by atoms with Gasteiger partial charge in [0.25, 0.3) is 0 Å². The summed E-state index contributed by atoms with van der Waals surface area (Å²) in [5.74, 6) is -2.96. The van der Waals surface area contributed by atoms with Gasteiger partial charge in [-0.05, 0) is 32.9 Å². The fourth-order valence-electron chi connectivity index (χ4n) is 1.54. The van der Waals surface area contributed by atoms with Crippen molar-refractivity contribution in [2.24, 2.45) is 0 Å². The maximum Gasteiger partial charge on any atom is 0.161 e. The van der Waals surface area contributed by atoms with E-state index in [0.29, 0.717) is 6.07 Å². The first-order valence-electron chi connectivity index (χ1n) is 6.01. The van der Waals surface area contributed by atoms with E-state index in [-0.39, 0.29) is 11.6 Å². The van der Waals surface area contributed by atoms with Gasteiger partial charge < -0.3 is 5.32 Å². The summed E-state index contributed by atoms with van der Waals surface area (Å²) in [5, 5.41) is 3.24. The highest BCUT2D eigenvalue weighted by Crippen LogP contribution is 2.17. The third-order valence-electron chi connectivity index (χ3n) is 2.81. The van der Waals surface area contributed by atoms with Crippen LogP contribution in [0, 0.1) is 17.5 Å². The van der Waals surface area contributed by atoms with Crippen LogP contribution in [0.3, 0.4) is 0 Å². The molecule has 18 heavy (non-hydrogen) atoms. The van der Waals surface area contributed by atoms with Crippen LogP contribution in [-0.4, -0.2) is 12.6 Å². The molecule has 0 aliphatic rings. The van der Waals surface area contributed by atoms with Crippen molar-refractivity contribution in [1.29, 1.82) is 0 Å². The van der Waals surface area contributed by atoms with Crippen LogP contribution in [0.2, 0.25) is 0 Å². The maximum absolute atomic E-state index is 13.4. The zero-order valence-corrected chi connectivity index (χ0v) is 10.9. The number of halogens is 3. The van der Waals surface area contributed by atoms with Crippen molar-refractivity contribution in [1.82, 2.24) is 5.32 Å². The van der Waals surface area contributed by atoms with Crippen LogP contribution in [0.1, 0.15) is 32.8 Å². The second kappa shape index (κ2) is 6.59. The van der Waals surface area contributed by atoms with Crippen molar-refractivity contribution in [2.45, 2.75) is 33.2 Å². The SMILES string of the molecule is CCCNC(C)/C(C)=C/c1cc(F)c(F)cc1F. The summed E-state index contributed by atoms with van der Waals surface area (Å²) in [6.07, 6.45) is 2.53. The van der Waals surface area contributed by atoms with Gasteiger partial charge in [0.1, 0.15) is 5.82 Å². The van der Waals surface area contributed by atoms with Gasteiger partial charge in [-0.15, -0.1) is 0 Å². The van der Waals surface area contributed by atoms with E-state index in [1.807, 2.05) is 20.8 Å². The molecule has 1 aromatic carbocycles. The monoisotopic (exact) mass is 257 g/mol. The minimum absolute atomic E-state index is 0.0662. The van der Waals surface area contributed by atoms with Crippen molar-refractivity contribution in [3.63, 3.8) is 0 Å². The summed E-state index contributed by atoms with van der Waals surface area (Å²) in [6, 6.07) is 1.51. The lowest BCUT2D eigenvalue weighted by atomic mass is 10.1. The highest BCUT2D eigenvalue weighted by molar-refractivity contribution is 5.54. The molecule has 0 bridgehead atoms. The Hall–Kier alpha value is -1.29. The highest BCUT2D eigenvalue weighted by Gasteiger charge is 2.09. The molecule has 1 atom stereocenters. The van der Waals surface area contributed by atoms with Gasteiger partial charge in [0.05, 0.1) is 0 Å². The Kier molecular flexibility index (Phi) is 5.41. The normalized spacial score (nSPS) is 13.8. The fourth-order valence-corrected chi connectivity index (χ4v) is 1.54. The van der Waals surface area contributed by atoms with E-state index in [4.69, 9.17) is 0 Å². The molecule has 0 fully saturated rings. The molecule has 0 spiro atoms. The lowest BCUT2D eigenvalue weighted by Gasteiger charge is -2.14. The third kappa shape index (κ3) is 3.88. The van der Waals surface area contributed by atoms with Gasteiger partial charge >= 0.3 is 0 Å². The Labute approximate surface area is 106 Å². The molecule has 0 amide bonds. The van der Waals surface area contributed by atoms with E-state index in [1.165, 1.54) is 6.08 Å².